The van der Waals surface area contributed by atoms with E-state index >= 15 is 30.7 Å². The molecule has 12 aromatic rings. The maximum Gasteiger partial charge on any atom is 0.420 e. The van der Waals surface area contributed by atoms with Crippen molar-refractivity contribution in [2.45, 2.75) is 6.18 Å². The summed E-state index contributed by atoms with van der Waals surface area (Å²) in [5, 5.41) is 2.02. The van der Waals surface area contributed by atoms with Gasteiger partial charge in [-0.3, -0.25) is 0 Å². The maximum absolute atomic E-state index is 16.7. The number of fused-ring (bicyclic) bond motifs is 6. The van der Waals surface area contributed by atoms with Crippen LogP contribution in [0.25, 0.3) is 111 Å². The van der Waals surface area contributed by atoms with Crippen LogP contribution in [0.3, 0.4) is 0 Å². The number of para-hydroxylation sites is 2. The first-order valence-corrected chi connectivity index (χ1v) is 22.3. The minimum Gasteiger partial charge on any atom is -0.309 e. The van der Waals surface area contributed by atoms with E-state index in [-0.39, 0.29) is 11.0 Å². The molecule has 12 heteroatoms. The molecule has 0 bridgehead atoms. The predicted molar refractivity (Wildman–Crippen MR) is 263 cm³/mol. The van der Waals surface area contributed by atoms with Crippen LogP contribution < -0.4 is 0 Å². The molecule has 0 unspecified atom stereocenters. The van der Waals surface area contributed by atoms with Gasteiger partial charge in [0.25, 0.3) is 0 Å². The molecule has 12 rings (SSSR count). The van der Waals surface area contributed by atoms with Gasteiger partial charge in [-0.25, -0.2) is 31.9 Å². The Balaban J connectivity index is 1.15. The molecule has 0 aliphatic carbocycles. The van der Waals surface area contributed by atoms with Gasteiger partial charge in [-0.05, 0) is 72.8 Å². The van der Waals surface area contributed by atoms with Crippen LogP contribution in [0.1, 0.15) is 5.56 Å². The molecule has 0 amide bonds. The van der Waals surface area contributed by atoms with Crippen molar-refractivity contribution in [1.82, 2.24) is 19.1 Å². The van der Waals surface area contributed by atoms with Gasteiger partial charge in [-0.1, -0.05) is 121 Å². The summed E-state index contributed by atoms with van der Waals surface area (Å²) in [7, 11) is 0. The Morgan fingerprint density at radius 3 is 1.24 bits per heavy atom. The predicted octanol–water partition coefficient (Wildman–Crippen LogP) is 16.7. The Labute approximate surface area is 399 Å². The molecule has 0 aliphatic rings. The van der Waals surface area contributed by atoms with Crippen LogP contribution >= 0.6 is 0 Å². The molecule has 71 heavy (non-hydrogen) atoms. The van der Waals surface area contributed by atoms with Crippen molar-refractivity contribution in [2.75, 3.05) is 0 Å². The molecule has 8 aromatic carbocycles. The molecule has 0 saturated heterocycles. The highest BCUT2D eigenvalue weighted by Gasteiger charge is 2.42. The van der Waals surface area contributed by atoms with Crippen LogP contribution in [0, 0.1) is 29.1 Å². The fraction of sp³-hybridized carbons (Fsp3) is 0.0169. The van der Waals surface area contributed by atoms with Gasteiger partial charge >= 0.3 is 6.18 Å². The lowest BCUT2D eigenvalue weighted by molar-refractivity contribution is -0.137. The number of alkyl halides is 3. The normalized spacial score (nSPS) is 11.9. The number of hydrogen-bond acceptors (Lipinski definition) is 2. The lowest BCUT2D eigenvalue weighted by Crippen LogP contribution is -2.17. The summed E-state index contributed by atoms with van der Waals surface area (Å²) in [6.45, 7) is 0. The Bertz CT molecular complexity index is 4080. The SMILES string of the molecule is Fc1c(F)c(F)c(-c2ccc(-n3c4ccccc4c4cc(-c5cccc(-c6ccccc6)n5)ccc43)c(C(F)(F)F)c2-n2c3ccccc3c3cc(-c4cccc(-c5ccccc5)n4)ccc32)c(F)c1F. The van der Waals surface area contributed by atoms with E-state index in [0.717, 1.165) is 29.0 Å². The minimum atomic E-state index is -5.33. The van der Waals surface area contributed by atoms with Crippen LogP contribution in [0.4, 0.5) is 35.1 Å². The van der Waals surface area contributed by atoms with E-state index in [2.05, 4.69) is 0 Å². The van der Waals surface area contributed by atoms with Crippen molar-refractivity contribution in [1.29, 1.82) is 0 Å². The lowest BCUT2D eigenvalue weighted by atomic mass is 9.95. The summed E-state index contributed by atoms with van der Waals surface area (Å²) >= 11 is 0. The van der Waals surface area contributed by atoms with Crippen molar-refractivity contribution >= 4 is 43.6 Å². The lowest BCUT2D eigenvalue weighted by Gasteiger charge is -2.25. The first-order valence-electron chi connectivity index (χ1n) is 22.3. The van der Waals surface area contributed by atoms with Gasteiger partial charge in [-0.2, -0.15) is 13.2 Å². The van der Waals surface area contributed by atoms with Crippen molar-refractivity contribution in [3.05, 3.63) is 229 Å². The molecule has 0 saturated carbocycles. The number of benzene rings is 8. The summed E-state index contributed by atoms with van der Waals surface area (Å²) < 4.78 is 130. The fourth-order valence-electron chi connectivity index (χ4n) is 9.82. The minimum absolute atomic E-state index is 0.152. The molecule has 0 radical (unpaired) electrons. The van der Waals surface area contributed by atoms with E-state index in [1.807, 2.05) is 97.1 Å². The molecule has 0 fully saturated rings. The van der Waals surface area contributed by atoms with E-state index in [1.54, 1.807) is 84.9 Å². The van der Waals surface area contributed by atoms with Crippen LogP contribution in [-0.4, -0.2) is 19.1 Å². The molecular formula is C59H32F8N4. The second-order valence-electron chi connectivity index (χ2n) is 17.0. The zero-order valence-corrected chi connectivity index (χ0v) is 36.8. The molecule has 0 aliphatic heterocycles. The third-order valence-corrected chi connectivity index (χ3v) is 13.0. The fourth-order valence-corrected chi connectivity index (χ4v) is 9.82. The van der Waals surface area contributed by atoms with Crippen LogP contribution in [0.5, 0.6) is 0 Å². The number of aromatic nitrogens is 4. The number of nitrogens with zero attached hydrogens (tertiary/aromatic N) is 4. The molecule has 344 valence electrons. The van der Waals surface area contributed by atoms with Gasteiger partial charge in [-0.15, -0.1) is 0 Å². The molecule has 4 nitrogen and oxygen atoms in total. The summed E-state index contributed by atoms with van der Waals surface area (Å²) in [6, 6.07) is 55.8. The smallest absolute Gasteiger partial charge is 0.309 e. The van der Waals surface area contributed by atoms with Crippen LogP contribution in [0.2, 0.25) is 0 Å². The van der Waals surface area contributed by atoms with Gasteiger partial charge in [0.1, 0.15) is 5.56 Å². The van der Waals surface area contributed by atoms with Crippen molar-refractivity contribution < 1.29 is 35.1 Å². The molecular weight excluding hydrogens is 917 g/mol. The number of rotatable bonds is 7. The third kappa shape index (κ3) is 7.04. The summed E-state index contributed by atoms with van der Waals surface area (Å²) in [4.78, 5) is 9.80. The van der Waals surface area contributed by atoms with Crippen LogP contribution in [-0.2, 0) is 6.18 Å². The topological polar surface area (TPSA) is 35.6 Å². The zero-order chi connectivity index (χ0) is 48.7. The second kappa shape index (κ2) is 16.7. The van der Waals surface area contributed by atoms with E-state index in [9.17, 15) is 4.39 Å². The molecule has 0 atom stereocenters. The first-order chi connectivity index (χ1) is 34.5. The van der Waals surface area contributed by atoms with Gasteiger partial charge in [0.2, 0.25) is 5.82 Å². The van der Waals surface area contributed by atoms with Gasteiger partial charge in [0.15, 0.2) is 23.3 Å². The summed E-state index contributed by atoms with van der Waals surface area (Å²) in [6.07, 6.45) is -5.33. The highest BCUT2D eigenvalue weighted by molar-refractivity contribution is 6.13. The number of halogens is 8. The number of hydrogen-bond donors (Lipinski definition) is 0. The van der Waals surface area contributed by atoms with Gasteiger partial charge < -0.3 is 9.13 Å². The monoisotopic (exact) mass is 948 g/mol. The average molecular weight is 949 g/mol. The zero-order valence-electron chi connectivity index (χ0n) is 36.8. The van der Waals surface area contributed by atoms with E-state index in [4.69, 9.17) is 9.97 Å². The highest BCUT2D eigenvalue weighted by Crippen LogP contribution is 2.49. The Morgan fingerprint density at radius 1 is 0.338 bits per heavy atom. The highest BCUT2D eigenvalue weighted by atomic mass is 19.4. The Morgan fingerprint density at radius 2 is 0.746 bits per heavy atom. The molecule has 4 aromatic heterocycles. The standard InChI is InChI=1S/C59H32F8N4/c60-53-51(54(61)56(63)57(64)55(53)62)39-27-30-50(70-46-23-9-7-17-37(46)40-31-35(25-28-48(40)70)44-21-11-19-42(68-44)33-13-3-1-4-14-33)52(59(65,66)67)58(39)71-47-24-10-8-18-38(47)41-32-36(26-29-49(41)71)45-22-12-20-43(69-45)34-15-5-2-6-16-34/h1-32H. The van der Waals surface area contributed by atoms with Crippen molar-refractivity contribution in [3.63, 3.8) is 0 Å². The average Bonchev–Trinajstić information content (AvgIpc) is 3.92. The maximum atomic E-state index is 16.7. The van der Waals surface area contributed by atoms with E-state index < -0.39 is 63.3 Å². The molecule has 0 N–H and O–H groups in total. The first kappa shape index (κ1) is 43.4. The Hall–Kier alpha value is -8.90. The number of pyridine rings is 2. The van der Waals surface area contributed by atoms with Gasteiger partial charge in [0.05, 0.1) is 61.8 Å². The van der Waals surface area contributed by atoms with Crippen molar-refractivity contribution in [3.8, 4) is 67.5 Å². The van der Waals surface area contributed by atoms with E-state index in [1.165, 1.54) is 9.13 Å². The third-order valence-electron chi connectivity index (χ3n) is 13.0. The largest absolute Gasteiger partial charge is 0.420 e. The second-order valence-corrected chi connectivity index (χ2v) is 17.0. The molecule has 4 heterocycles. The van der Waals surface area contributed by atoms with E-state index in [0.29, 0.717) is 60.8 Å². The quantitative estimate of drug-likeness (QED) is 0.0907. The van der Waals surface area contributed by atoms with Crippen LogP contribution in [0.15, 0.2) is 194 Å². The molecule has 0 spiro atoms. The summed E-state index contributed by atoms with van der Waals surface area (Å²) in [5.74, 6) is -11.6. The summed E-state index contributed by atoms with van der Waals surface area (Å²) in [5.41, 5.74) is 1.50. The van der Waals surface area contributed by atoms with Gasteiger partial charge in [0, 0.05) is 49.4 Å². The van der Waals surface area contributed by atoms with Crippen molar-refractivity contribution in [2.24, 2.45) is 0 Å². The Kier molecular flexibility index (Phi) is 10.2.